The van der Waals surface area contributed by atoms with Crippen molar-refractivity contribution in [1.82, 2.24) is 9.78 Å². The monoisotopic (exact) mass is 198 g/mol. The molecule has 0 aromatic carbocycles. The first-order valence-corrected chi connectivity index (χ1v) is 5.37. The van der Waals surface area contributed by atoms with E-state index >= 15 is 0 Å². The molecule has 0 amide bonds. The van der Waals surface area contributed by atoms with Gasteiger partial charge in [-0.25, -0.2) is 0 Å². The molecule has 1 aromatic heterocycles. The standard InChI is InChI=1S/C10H15ClN2/c1-3-7(2)13-10(11)8-5-4-6-9(8)12-13/h7H,3-6H2,1-2H3. The second-order valence-corrected chi connectivity index (χ2v) is 4.13. The minimum Gasteiger partial charge on any atom is -0.251 e. The lowest BCUT2D eigenvalue weighted by molar-refractivity contribution is 0.472. The maximum Gasteiger partial charge on any atom is 0.130 e. The fraction of sp³-hybridized carbons (Fsp3) is 0.700. The predicted molar refractivity (Wildman–Crippen MR) is 54.3 cm³/mol. The molecular weight excluding hydrogens is 184 g/mol. The Morgan fingerprint density at radius 3 is 2.92 bits per heavy atom. The van der Waals surface area contributed by atoms with Crippen LogP contribution in [-0.2, 0) is 12.8 Å². The van der Waals surface area contributed by atoms with Crippen LogP contribution in [0.2, 0.25) is 5.15 Å². The Morgan fingerprint density at radius 2 is 2.31 bits per heavy atom. The van der Waals surface area contributed by atoms with E-state index in [4.69, 9.17) is 11.6 Å². The Hall–Kier alpha value is -0.500. The SMILES string of the molecule is CCC(C)n1nc2c(c1Cl)CCC2. The summed E-state index contributed by atoms with van der Waals surface area (Å²) in [6.45, 7) is 4.32. The fourth-order valence-corrected chi connectivity index (χ4v) is 2.25. The Bertz CT molecular complexity index is 317. The fourth-order valence-electron chi connectivity index (χ4n) is 1.84. The largest absolute Gasteiger partial charge is 0.251 e. The molecule has 0 radical (unpaired) electrons. The number of aryl methyl sites for hydroxylation is 1. The molecule has 1 atom stereocenters. The van der Waals surface area contributed by atoms with E-state index in [1.807, 2.05) is 4.68 Å². The van der Waals surface area contributed by atoms with Gasteiger partial charge in [0, 0.05) is 5.56 Å². The summed E-state index contributed by atoms with van der Waals surface area (Å²) in [4.78, 5) is 0. The van der Waals surface area contributed by atoms with Crippen molar-refractivity contribution in [2.75, 3.05) is 0 Å². The molecule has 3 heteroatoms. The summed E-state index contributed by atoms with van der Waals surface area (Å²) < 4.78 is 1.98. The molecule has 1 aliphatic carbocycles. The Morgan fingerprint density at radius 1 is 1.54 bits per heavy atom. The van der Waals surface area contributed by atoms with Crippen molar-refractivity contribution in [3.63, 3.8) is 0 Å². The van der Waals surface area contributed by atoms with Gasteiger partial charge < -0.3 is 0 Å². The van der Waals surface area contributed by atoms with Crippen molar-refractivity contribution in [3.8, 4) is 0 Å². The third kappa shape index (κ3) is 1.37. The van der Waals surface area contributed by atoms with Crippen LogP contribution in [0.3, 0.4) is 0 Å². The molecule has 0 saturated carbocycles. The van der Waals surface area contributed by atoms with Gasteiger partial charge in [-0.1, -0.05) is 18.5 Å². The summed E-state index contributed by atoms with van der Waals surface area (Å²) in [5.74, 6) is 0. The van der Waals surface area contributed by atoms with E-state index in [0.717, 1.165) is 24.4 Å². The Labute approximate surface area is 83.9 Å². The molecule has 0 aliphatic heterocycles. The smallest absolute Gasteiger partial charge is 0.130 e. The maximum atomic E-state index is 6.24. The summed E-state index contributed by atoms with van der Waals surface area (Å²) in [6.07, 6.45) is 4.53. The van der Waals surface area contributed by atoms with Gasteiger partial charge in [-0.05, 0) is 32.6 Å². The van der Waals surface area contributed by atoms with E-state index in [1.54, 1.807) is 0 Å². The van der Waals surface area contributed by atoms with Crippen LogP contribution in [0.4, 0.5) is 0 Å². The summed E-state index contributed by atoms with van der Waals surface area (Å²) >= 11 is 6.24. The minimum absolute atomic E-state index is 0.429. The van der Waals surface area contributed by atoms with E-state index in [2.05, 4.69) is 18.9 Å². The minimum atomic E-state index is 0.429. The summed E-state index contributed by atoms with van der Waals surface area (Å²) in [5, 5.41) is 5.42. The first-order valence-electron chi connectivity index (χ1n) is 4.99. The first kappa shape index (κ1) is 9.07. The highest BCUT2D eigenvalue weighted by Crippen LogP contribution is 2.30. The third-order valence-corrected chi connectivity index (χ3v) is 3.28. The highest BCUT2D eigenvalue weighted by atomic mass is 35.5. The molecule has 0 spiro atoms. The third-order valence-electron chi connectivity index (χ3n) is 2.88. The highest BCUT2D eigenvalue weighted by Gasteiger charge is 2.22. The van der Waals surface area contributed by atoms with Gasteiger partial charge in [-0.3, -0.25) is 4.68 Å². The molecule has 13 heavy (non-hydrogen) atoms. The van der Waals surface area contributed by atoms with Crippen molar-refractivity contribution < 1.29 is 0 Å². The van der Waals surface area contributed by atoms with Crippen molar-refractivity contribution in [1.29, 1.82) is 0 Å². The number of hydrogen-bond acceptors (Lipinski definition) is 1. The topological polar surface area (TPSA) is 17.8 Å². The van der Waals surface area contributed by atoms with Gasteiger partial charge in [-0.2, -0.15) is 5.10 Å². The van der Waals surface area contributed by atoms with Crippen LogP contribution >= 0.6 is 11.6 Å². The molecule has 1 unspecified atom stereocenters. The van der Waals surface area contributed by atoms with Gasteiger partial charge in [0.15, 0.2) is 0 Å². The van der Waals surface area contributed by atoms with Crippen molar-refractivity contribution >= 4 is 11.6 Å². The van der Waals surface area contributed by atoms with E-state index in [1.165, 1.54) is 17.7 Å². The molecule has 0 saturated heterocycles. The van der Waals surface area contributed by atoms with Crippen LogP contribution in [-0.4, -0.2) is 9.78 Å². The van der Waals surface area contributed by atoms with Gasteiger partial charge in [0.2, 0.25) is 0 Å². The van der Waals surface area contributed by atoms with Gasteiger partial charge in [0.05, 0.1) is 11.7 Å². The molecule has 0 fully saturated rings. The normalized spacial score (nSPS) is 17.5. The Kier molecular flexibility index (Phi) is 2.33. The second-order valence-electron chi connectivity index (χ2n) is 3.77. The van der Waals surface area contributed by atoms with Gasteiger partial charge in [0.25, 0.3) is 0 Å². The van der Waals surface area contributed by atoms with E-state index < -0.39 is 0 Å². The number of halogens is 1. The average molecular weight is 199 g/mol. The first-order chi connectivity index (χ1) is 6.24. The summed E-state index contributed by atoms with van der Waals surface area (Å²) in [5.41, 5.74) is 2.52. The van der Waals surface area contributed by atoms with Crippen LogP contribution < -0.4 is 0 Å². The van der Waals surface area contributed by atoms with Crippen LogP contribution in [0.5, 0.6) is 0 Å². The zero-order valence-corrected chi connectivity index (χ0v) is 8.93. The van der Waals surface area contributed by atoms with Crippen molar-refractivity contribution in [3.05, 3.63) is 16.4 Å². The Balaban J connectivity index is 2.38. The lowest BCUT2D eigenvalue weighted by atomic mass is 10.2. The van der Waals surface area contributed by atoms with Crippen LogP contribution in [0.15, 0.2) is 0 Å². The summed E-state index contributed by atoms with van der Waals surface area (Å²) in [6, 6.07) is 0.429. The summed E-state index contributed by atoms with van der Waals surface area (Å²) in [7, 11) is 0. The quantitative estimate of drug-likeness (QED) is 0.715. The number of aromatic nitrogens is 2. The zero-order valence-electron chi connectivity index (χ0n) is 8.18. The van der Waals surface area contributed by atoms with Crippen LogP contribution in [0.1, 0.15) is 44.0 Å². The predicted octanol–water partition coefficient (Wildman–Crippen LogP) is 3.00. The van der Waals surface area contributed by atoms with E-state index in [0.29, 0.717) is 6.04 Å². The molecule has 0 bridgehead atoms. The molecule has 1 aromatic rings. The van der Waals surface area contributed by atoms with Gasteiger partial charge in [0.1, 0.15) is 5.15 Å². The van der Waals surface area contributed by atoms with Gasteiger partial charge >= 0.3 is 0 Å². The molecule has 1 aliphatic rings. The average Bonchev–Trinajstić information content (AvgIpc) is 2.68. The second kappa shape index (κ2) is 3.33. The van der Waals surface area contributed by atoms with Gasteiger partial charge in [-0.15, -0.1) is 0 Å². The number of hydrogen-bond donors (Lipinski definition) is 0. The van der Waals surface area contributed by atoms with Crippen LogP contribution in [0, 0.1) is 0 Å². The molecule has 2 nitrogen and oxygen atoms in total. The van der Waals surface area contributed by atoms with E-state index in [9.17, 15) is 0 Å². The highest BCUT2D eigenvalue weighted by molar-refractivity contribution is 6.30. The number of nitrogens with zero attached hydrogens (tertiary/aromatic N) is 2. The zero-order chi connectivity index (χ0) is 9.42. The molecule has 0 N–H and O–H groups in total. The lowest BCUT2D eigenvalue weighted by Crippen LogP contribution is -2.06. The number of rotatable bonds is 2. The van der Waals surface area contributed by atoms with E-state index in [-0.39, 0.29) is 0 Å². The molecule has 72 valence electrons. The lowest BCUT2D eigenvalue weighted by Gasteiger charge is -2.10. The molecule has 1 heterocycles. The van der Waals surface area contributed by atoms with Crippen molar-refractivity contribution in [2.24, 2.45) is 0 Å². The molecule has 2 rings (SSSR count). The van der Waals surface area contributed by atoms with Crippen molar-refractivity contribution in [2.45, 2.75) is 45.6 Å². The number of fused-ring (bicyclic) bond motifs is 1. The van der Waals surface area contributed by atoms with Crippen LogP contribution in [0.25, 0.3) is 0 Å². The maximum absolute atomic E-state index is 6.24. The molecular formula is C10H15ClN2.